The maximum atomic E-state index is 12.8. The number of ether oxygens (including phenoxy) is 1. The topological polar surface area (TPSA) is 67.7 Å². The molecule has 144 valence electrons. The lowest BCUT2D eigenvalue weighted by atomic mass is 10.1. The zero-order valence-corrected chi connectivity index (χ0v) is 15.8. The van der Waals surface area contributed by atoms with Crippen LogP contribution in [0.15, 0.2) is 24.5 Å². The number of fused-ring (bicyclic) bond motifs is 1. The molecular weight excluding hydrogens is 344 g/mol. The second-order valence-corrected chi connectivity index (χ2v) is 7.42. The van der Waals surface area contributed by atoms with Gasteiger partial charge in [-0.1, -0.05) is 6.07 Å². The quantitative estimate of drug-likeness (QED) is 0.818. The second kappa shape index (κ2) is 7.68. The largest absolute Gasteiger partial charge is 0.368 e. The van der Waals surface area contributed by atoms with E-state index in [-0.39, 0.29) is 17.9 Å². The molecule has 4 rings (SSSR count). The van der Waals surface area contributed by atoms with Crippen LogP contribution in [0, 0.1) is 0 Å². The molecule has 2 fully saturated rings. The zero-order chi connectivity index (χ0) is 18.8. The van der Waals surface area contributed by atoms with Crippen LogP contribution in [0.3, 0.4) is 0 Å². The molecule has 7 heteroatoms. The summed E-state index contributed by atoms with van der Waals surface area (Å²) >= 11 is 0. The minimum Gasteiger partial charge on any atom is -0.368 e. The first-order chi connectivity index (χ1) is 13.1. The number of hydrogen-bond donors (Lipinski definition) is 0. The normalized spacial score (nSPS) is 20.9. The molecule has 0 radical (unpaired) electrons. The standard InChI is InChI=1S/C20H26N4O3/c1-22-14-21-16-12-15(5-6-17(16)22)13-19(25)23-7-3-8-24(10-9-23)20(26)18-4-2-11-27-18/h5-6,12,14,18H,2-4,7-11,13H2,1H3. The van der Waals surface area contributed by atoms with Gasteiger partial charge in [0.1, 0.15) is 6.10 Å². The molecule has 0 spiro atoms. The molecule has 3 heterocycles. The van der Waals surface area contributed by atoms with Gasteiger partial charge < -0.3 is 19.1 Å². The number of rotatable bonds is 3. The van der Waals surface area contributed by atoms with E-state index >= 15 is 0 Å². The van der Waals surface area contributed by atoms with Crippen LogP contribution >= 0.6 is 0 Å². The molecule has 0 saturated carbocycles. The molecule has 1 unspecified atom stereocenters. The van der Waals surface area contributed by atoms with Crippen LogP contribution in [0.1, 0.15) is 24.8 Å². The van der Waals surface area contributed by atoms with Crippen molar-refractivity contribution < 1.29 is 14.3 Å². The number of aryl methyl sites for hydroxylation is 1. The van der Waals surface area contributed by atoms with Crippen molar-refractivity contribution in [1.82, 2.24) is 19.4 Å². The number of nitrogens with zero attached hydrogens (tertiary/aromatic N) is 4. The van der Waals surface area contributed by atoms with Crippen LogP contribution in [0.25, 0.3) is 11.0 Å². The monoisotopic (exact) mass is 370 g/mol. The maximum Gasteiger partial charge on any atom is 0.251 e. The molecule has 0 aliphatic carbocycles. The molecule has 2 aliphatic heterocycles. The van der Waals surface area contributed by atoms with E-state index in [0.717, 1.165) is 35.9 Å². The van der Waals surface area contributed by atoms with E-state index in [9.17, 15) is 9.59 Å². The van der Waals surface area contributed by atoms with E-state index in [1.165, 1.54) is 0 Å². The molecule has 0 bridgehead atoms. The minimum atomic E-state index is -0.280. The fraction of sp³-hybridized carbons (Fsp3) is 0.550. The fourth-order valence-electron chi connectivity index (χ4n) is 3.94. The highest BCUT2D eigenvalue weighted by molar-refractivity contribution is 5.83. The Hall–Kier alpha value is -2.41. The van der Waals surface area contributed by atoms with Gasteiger partial charge in [-0.2, -0.15) is 0 Å². The number of hydrogen-bond acceptors (Lipinski definition) is 4. The van der Waals surface area contributed by atoms with Crippen molar-refractivity contribution >= 4 is 22.8 Å². The summed E-state index contributed by atoms with van der Waals surface area (Å²) in [6, 6.07) is 5.99. The summed E-state index contributed by atoms with van der Waals surface area (Å²) in [6.07, 6.45) is 4.45. The minimum absolute atomic E-state index is 0.0856. The van der Waals surface area contributed by atoms with Crippen molar-refractivity contribution in [1.29, 1.82) is 0 Å². The van der Waals surface area contributed by atoms with Crippen LogP contribution in [0.5, 0.6) is 0 Å². The van der Waals surface area contributed by atoms with Gasteiger partial charge in [0.2, 0.25) is 5.91 Å². The molecule has 1 aromatic carbocycles. The van der Waals surface area contributed by atoms with Crippen LogP contribution in [0.2, 0.25) is 0 Å². The van der Waals surface area contributed by atoms with Crippen LogP contribution < -0.4 is 0 Å². The lowest BCUT2D eigenvalue weighted by Crippen LogP contribution is -2.42. The van der Waals surface area contributed by atoms with E-state index in [1.54, 1.807) is 6.33 Å². The van der Waals surface area contributed by atoms with E-state index in [4.69, 9.17) is 4.74 Å². The van der Waals surface area contributed by atoms with Gasteiger partial charge in [-0.3, -0.25) is 9.59 Å². The summed E-state index contributed by atoms with van der Waals surface area (Å²) < 4.78 is 7.49. The summed E-state index contributed by atoms with van der Waals surface area (Å²) in [7, 11) is 1.96. The first-order valence-corrected chi connectivity index (χ1v) is 9.70. The first-order valence-electron chi connectivity index (χ1n) is 9.70. The van der Waals surface area contributed by atoms with E-state index in [2.05, 4.69) is 4.98 Å². The second-order valence-electron chi connectivity index (χ2n) is 7.42. The van der Waals surface area contributed by atoms with Gasteiger partial charge in [-0.25, -0.2) is 4.98 Å². The van der Waals surface area contributed by atoms with Gasteiger partial charge in [-0.15, -0.1) is 0 Å². The summed E-state index contributed by atoms with van der Waals surface area (Å²) in [5.74, 6) is 0.194. The Bertz CT molecular complexity index is 841. The molecule has 7 nitrogen and oxygen atoms in total. The van der Waals surface area contributed by atoms with Gasteiger partial charge in [0.05, 0.1) is 23.8 Å². The maximum absolute atomic E-state index is 12.8. The number of amides is 2. The highest BCUT2D eigenvalue weighted by Gasteiger charge is 2.30. The number of carbonyl (C=O) groups is 2. The SMILES string of the molecule is Cn1cnc2cc(CC(=O)N3CCCN(C(=O)C4CCCO4)CC3)ccc21. The molecule has 1 aromatic heterocycles. The van der Waals surface area contributed by atoms with Crippen molar-refractivity contribution in [3.05, 3.63) is 30.1 Å². The number of imidazole rings is 1. The molecule has 2 saturated heterocycles. The average Bonchev–Trinajstić information content (AvgIpc) is 3.25. The Morgan fingerprint density at radius 2 is 1.96 bits per heavy atom. The Kier molecular flexibility index (Phi) is 5.11. The summed E-state index contributed by atoms with van der Waals surface area (Å²) in [4.78, 5) is 33.4. The third-order valence-electron chi connectivity index (χ3n) is 5.51. The average molecular weight is 370 g/mol. The molecule has 0 N–H and O–H groups in total. The van der Waals surface area contributed by atoms with Gasteiger partial charge in [0, 0.05) is 39.8 Å². The van der Waals surface area contributed by atoms with Crippen LogP contribution in [-0.4, -0.2) is 70.1 Å². The van der Waals surface area contributed by atoms with E-state index < -0.39 is 0 Å². The Labute approximate surface area is 158 Å². The van der Waals surface area contributed by atoms with Crippen molar-refractivity contribution in [3.8, 4) is 0 Å². The third kappa shape index (κ3) is 3.83. The summed E-state index contributed by atoms with van der Waals surface area (Å²) in [5.41, 5.74) is 2.94. The van der Waals surface area contributed by atoms with Gasteiger partial charge in [0.15, 0.2) is 0 Å². The highest BCUT2D eigenvalue weighted by Crippen LogP contribution is 2.17. The van der Waals surface area contributed by atoms with Crippen LogP contribution in [0.4, 0.5) is 0 Å². The Balaban J connectivity index is 1.36. The number of benzene rings is 1. The number of aromatic nitrogens is 2. The van der Waals surface area contributed by atoms with Crippen molar-refractivity contribution in [2.24, 2.45) is 7.05 Å². The fourth-order valence-corrected chi connectivity index (χ4v) is 3.94. The van der Waals surface area contributed by atoms with E-state index in [0.29, 0.717) is 39.2 Å². The predicted octanol–water partition coefficient (Wildman–Crippen LogP) is 1.36. The molecule has 2 aliphatic rings. The molecule has 1 atom stereocenters. The Morgan fingerprint density at radius 1 is 1.15 bits per heavy atom. The van der Waals surface area contributed by atoms with Crippen molar-refractivity contribution in [2.45, 2.75) is 31.8 Å². The predicted molar refractivity (Wildman–Crippen MR) is 101 cm³/mol. The van der Waals surface area contributed by atoms with Gasteiger partial charge in [0.25, 0.3) is 5.91 Å². The summed E-state index contributed by atoms with van der Waals surface area (Å²) in [6.45, 7) is 3.24. The number of carbonyl (C=O) groups excluding carboxylic acids is 2. The lowest BCUT2D eigenvalue weighted by molar-refractivity contribution is -0.141. The summed E-state index contributed by atoms with van der Waals surface area (Å²) in [5, 5.41) is 0. The molecule has 2 amide bonds. The zero-order valence-electron chi connectivity index (χ0n) is 15.8. The first kappa shape index (κ1) is 18.0. The van der Waals surface area contributed by atoms with E-state index in [1.807, 2.05) is 39.6 Å². The van der Waals surface area contributed by atoms with Gasteiger partial charge in [-0.05, 0) is 37.0 Å². The smallest absolute Gasteiger partial charge is 0.251 e. The lowest BCUT2D eigenvalue weighted by Gasteiger charge is -2.24. The van der Waals surface area contributed by atoms with Crippen molar-refractivity contribution in [2.75, 3.05) is 32.8 Å². The third-order valence-corrected chi connectivity index (χ3v) is 5.51. The van der Waals surface area contributed by atoms with Crippen LogP contribution in [-0.2, 0) is 27.8 Å². The van der Waals surface area contributed by atoms with Crippen molar-refractivity contribution in [3.63, 3.8) is 0 Å². The molecular formula is C20H26N4O3. The molecule has 2 aromatic rings. The van der Waals surface area contributed by atoms with Gasteiger partial charge >= 0.3 is 0 Å². The molecule has 27 heavy (non-hydrogen) atoms. The highest BCUT2D eigenvalue weighted by atomic mass is 16.5. The Morgan fingerprint density at radius 3 is 2.78 bits per heavy atom.